The van der Waals surface area contributed by atoms with E-state index in [-0.39, 0.29) is 17.8 Å². The first kappa shape index (κ1) is 11.4. The molecule has 0 spiro atoms. The fourth-order valence-electron chi connectivity index (χ4n) is 2.02. The smallest absolute Gasteiger partial charge is 0.0883 e. The average molecular weight is 218 g/mol. The van der Waals surface area contributed by atoms with E-state index in [9.17, 15) is 5.11 Å². The van der Waals surface area contributed by atoms with Crippen molar-refractivity contribution >= 4 is 0 Å². The number of aliphatic hydroxyl groups is 1. The van der Waals surface area contributed by atoms with Gasteiger partial charge in [-0.05, 0) is 19.4 Å². The molecule has 2 nitrogen and oxygen atoms in total. The van der Waals surface area contributed by atoms with Crippen LogP contribution in [0.1, 0.15) is 25.8 Å². The SMILES string of the molecule is CC(C)(O[C@H]1C=C[C@@H](O)C1)c1ccccc1. The molecule has 1 aromatic carbocycles. The first-order chi connectivity index (χ1) is 7.58. The maximum absolute atomic E-state index is 9.40. The summed E-state index contributed by atoms with van der Waals surface area (Å²) in [6.07, 6.45) is 4.07. The van der Waals surface area contributed by atoms with Crippen molar-refractivity contribution in [1.82, 2.24) is 0 Å². The molecule has 2 heteroatoms. The fraction of sp³-hybridized carbons (Fsp3) is 0.429. The Labute approximate surface area is 96.6 Å². The second-order valence-electron chi connectivity index (χ2n) is 4.72. The zero-order valence-corrected chi connectivity index (χ0v) is 9.76. The summed E-state index contributed by atoms with van der Waals surface area (Å²) in [6.45, 7) is 4.11. The van der Waals surface area contributed by atoms with E-state index in [1.807, 2.05) is 24.3 Å². The van der Waals surface area contributed by atoms with Crippen LogP contribution in [0.2, 0.25) is 0 Å². The molecule has 0 unspecified atom stereocenters. The van der Waals surface area contributed by atoms with E-state index in [0.717, 1.165) is 5.56 Å². The van der Waals surface area contributed by atoms with Crippen molar-refractivity contribution < 1.29 is 9.84 Å². The van der Waals surface area contributed by atoms with E-state index in [0.29, 0.717) is 6.42 Å². The molecule has 0 bridgehead atoms. The van der Waals surface area contributed by atoms with Gasteiger partial charge in [0.1, 0.15) is 0 Å². The lowest BCUT2D eigenvalue weighted by molar-refractivity contribution is -0.0616. The molecular formula is C14H18O2. The third-order valence-corrected chi connectivity index (χ3v) is 2.94. The van der Waals surface area contributed by atoms with Crippen molar-refractivity contribution in [2.45, 2.75) is 38.1 Å². The van der Waals surface area contributed by atoms with Crippen LogP contribution in [0.4, 0.5) is 0 Å². The minimum absolute atomic E-state index is 0.0187. The summed E-state index contributed by atoms with van der Waals surface area (Å²) in [6, 6.07) is 10.2. The van der Waals surface area contributed by atoms with Crippen molar-refractivity contribution in [1.29, 1.82) is 0 Å². The largest absolute Gasteiger partial charge is 0.389 e. The van der Waals surface area contributed by atoms with Crippen molar-refractivity contribution in [3.63, 3.8) is 0 Å². The zero-order valence-electron chi connectivity index (χ0n) is 9.76. The third-order valence-electron chi connectivity index (χ3n) is 2.94. The molecule has 16 heavy (non-hydrogen) atoms. The molecule has 0 saturated heterocycles. The highest BCUT2D eigenvalue weighted by Crippen LogP contribution is 2.29. The Morgan fingerprint density at radius 3 is 2.44 bits per heavy atom. The summed E-state index contributed by atoms with van der Waals surface area (Å²) < 4.78 is 6.01. The van der Waals surface area contributed by atoms with E-state index in [1.54, 1.807) is 6.08 Å². The van der Waals surface area contributed by atoms with Gasteiger partial charge in [-0.1, -0.05) is 42.5 Å². The molecule has 0 aliphatic heterocycles. The highest BCUT2D eigenvalue weighted by molar-refractivity contribution is 5.21. The average Bonchev–Trinajstić information content (AvgIpc) is 2.64. The summed E-state index contributed by atoms with van der Waals surface area (Å²) in [4.78, 5) is 0. The van der Waals surface area contributed by atoms with Crippen LogP contribution in [0.25, 0.3) is 0 Å². The quantitative estimate of drug-likeness (QED) is 0.790. The molecule has 0 fully saturated rings. The molecule has 0 saturated carbocycles. The molecule has 2 atom stereocenters. The normalized spacial score (nSPS) is 24.9. The Kier molecular flexibility index (Phi) is 3.13. The topological polar surface area (TPSA) is 29.5 Å². The predicted molar refractivity (Wildman–Crippen MR) is 64.1 cm³/mol. The van der Waals surface area contributed by atoms with Gasteiger partial charge in [0.15, 0.2) is 0 Å². The second kappa shape index (κ2) is 4.40. The van der Waals surface area contributed by atoms with Crippen molar-refractivity contribution in [2.75, 3.05) is 0 Å². The zero-order chi connectivity index (χ0) is 11.6. The van der Waals surface area contributed by atoms with E-state index in [1.165, 1.54) is 0 Å². The van der Waals surface area contributed by atoms with Crippen molar-refractivity contribution in [3.8, 4) is 0 Å². The van der Waals surface area contributed by atoms with Gasteiger partial charge in [-0.3, -0.25) is 0 Å². The van der Waals surface area contributed by atoms with Gasteiger partial charge in [0, 0.05) is 6.42 Å². The maximum Gasteiger partial charge on any atom is 0.0883 e. The van der Waals surface area contributed by atoms with Gasteiger partial charge >= 0.3 is 0 Å². The predicted octanol–water partition coefficient (Wildman–Crippen LogP) is 2.63. The lowest BCUT2D eigenvalue weighted by Gasteiger charge is -2.29. The number of aliphatic hydroxyl groups excluding tert-OH is 1. The van der Waals surface area contributed by atoms with Gasteiger partial charge < -0.3 is 9.84 Å². The number of ether oxygens (including phenoxy) is 1. The van der Waals surface area contributed by atoms with Crippen molar-refractivity contribution in [3.05, 3.63) is 48.0 Å². The van der Waals surface area contributed by atoms with E-state index in [2.05, 4.69) is 26.0 Å². The van der Waals surface area contributed by atoms with Crippen LogP contribution in [0.15, 0.2) is 42.5 Å². The highest BCUT2D eigenvalue weighted by Gasteiger charge is 2.27. The van der Waals surface area contributed by atoms with Crippen molar-refractivity contribution in [2.24, 2.45) is 0 Å². The maximum atomic E-state index is 9.40. The van der Waals surface area contributed by atoms with Crippen LogP contribution < -0.4 is 0 Å². The number of benzene rings is 1. The van der Waals surface area contributed by atoms with Crippen LogP contribution in [-0.2, 0) is 10.3 Å². The Hall–Kier alpha value is -1.12. The Bertz CT molecular complexity index is 368. The standard InChI is InChI=1S/C14H18O2/c1-14(2,11-6-4-3-5-7-11)16-13-9-8-12(15)10-13/h3-9,12-13,15H,10H2,1-2H3/t12-,13+/m1/s1. The molecule has 2 rings (SSSR count). The molecule has 0 radical (unpaired) electrons. The van der Waals surface area contributed by atoms with E-state index < -0.39 is 0 Å². The van der Waals surface area contributed by atoms with Crippen LogP contribution in [0, 0.1) is 0 Å². The minimum atomic E-state index is -0.350. The number of rotatable bonds is 3. The Morgan fingerprint density at radius 2 is 1.88 bits per heavy atom. The first-order valence-corrected chi connectivity index (χ1v) is 5.68. The van der Waals surface area contributed by atoms with Gasteiger partial charge in [0.05, 0.1) is 17.8 Å². The summed E-state index contributed by atoms with van der Waals surface area (Å²) in [5, 5.41) is 9.40. The number of hydrogen-bond donors (Lipinski definition) is 1. The van der Waals surface area contributed by atoms with Crippen LogP contribution in [0.3, 0.4) is 0 Å². The summed E-state index contributed by atoms with van der Waals surface area (Å²) in [5.74, 6) is 0. The lowest BCUT2D eigenvalue weighted by atomic mass is 9.98. The molecule has 0 aromatic heterocycles. The molecule has 1 aliphatic rings. The Balaban J connectivity index is 2.06. The van der Waals surface area contributed by atoms with E-state index in [4.69, 9.17) is 4.74 Å². The molecule has 1 N–H and O–H groups in total. The summed E-state index contributed by atoms with van der Waals surface area (Å²) >= 11 is 0. The Morgan fingerprint density at radius 1 is 1.19 bits per heavy atom. The van der Waals surface area contributed by atoms with Gasteiger partial charge in [-0.2, -0.15) is 0 Å². The fourth-order valence-corrected chi connectivity index (χ4v) is 2.02. The van der Waals surface area contributed by atoms with Crippen LogP contribution in [0.5, 0.6) is 0 Å². The highest BCUT2D eigenvalue weighted by atomic mass is 16.5. The monoisotopic (exact) mass is 218 g/mol. The molecule has 86 valence electrons. The summed E-state index contributed by atoms with van der Waals surface area (Å²) in [5.41, 5.74) is 0.838. The minimum Gasteiger partial charge on any atom is -0.389 e. The molecule has 0 heterocycles. The lowest BCUT2D eigenvalue weighted by Crippen LogP contribution is -2.27. The van der Waals surface area contributed by atoms with Gasteiger partial charge in [0.25, 0.3) is 0 Å². The molecular weight excluding hydrogens is 200 g/mol. The molecule has 1 aromatic rings. The van der Waals surface area contributed by atoms with Gasteiger partial charge in [0.2, 0.25) is 0 Å². The molecule has 1 aliphatic carbocycles. The first-order valence-electron chi connectivity index (χ1n) is 5.68. The number of hydrogen-bond acceptors (Lipinski definition) is 2. The molecule has 0 amide bonds. The van der Waals surface area contributed by atoms with E-state index >= 15 is 0 Å². The third kappa shape index (κ3) is 2.52. The van der Waals surface area contributed by atoms with Crippen LogP contribution in [-0.4, -0.2) is 17.3 Å². The van der Waals surface area contributed by atoms with Crippen LogP contribution >= 0.6 is 0 Å². The van der Waals surface area contributed by atoms with Gasteiger partial charge in [-0.25, -0.2) is 0 Å². The second-order valence-corrected chi connectivity index (χ2v) is 4.72. The van der Waals surface area contributed by atoms with Gasteiger partial charge in [-0.15, -0.1) is 0 Å². The summed E-state index contributed by atoms with van der Waals surface area (Å²) in [7, 11) is 0.